The van der Waals surface area contributed by atoms with E-state index in [0.29, 0.717) is 16.8 Å². The van der Waals surface area contributed by atoms with Gasteiger partial charge in [-0.1, -0.05) is 12.1 Å². The number of piperidine rings is 1. The van der Waals surface area contributed by atoms with E-state index in [4.69, 9.17) is 4.74 Å². The Hall–Kier alpha value is -2.96. The van der Waals surface area contributed by atoms with E-state index >= 15 is 0 Å². The molecule has 2 amide bonds. The van der Waals surface area contributed by atoms with E-state index < -0.39 is 5.60 Å². The first kappa shape index (κ1) is 21.3. The van der Waals surface area contributed by atoms with Gasteiger partial charge in [0, 0.05) is 29.9 Å². The Morgan fingerprint density at radius 1 is 1.13 bits per heavy atom. The number of carbonyl (C=O) groups is 2. The minimum absolute atomic E-state index is 0.00609. The molecule has 7 heteroatoms. The molecule has 4 rings (SSSR count). The number of amides is 2. The van der Waals surface area contributed by atoms with Crippen LogP contribution >= 0.6 is 0 Å². The van der Waals surface area contributed by atoms with E-state index in [1.165, 1.54) is 18.3 Å². The Balaban J connectivity index is 1.37. The monoisotopic (exact) mass is 425 g/mol. The number of nitrogens with zero attached hydrogens (tertiary/aromatic N) is 2. The van der Waals surface area contributed by atoms with E-state index in [1.54, 1.807) is 24.3 Å². The first-order chi connectivity index (χ1) is 14.7. The summed E-state index contributed by atoms with van der Waals surface area (Å²) in [5.41, 5.74) is 1.21. The summed E-state index contributed by atoms with van der Waals surface area (Å²) in [5, 5.41) is 3.09. The van der Waals surface area contributed by atoms with Crippen LogP contribution in [-0.2, 0) is 4.74 Å². The molecule has 0 radical (unpaired) electrons. The van der Waals surface area contributed by atoms with Crippen LogP contribution in [-0.4, -0.2) is 45.6 Å². The predicted octanol–water partition coefficient (Wildman–Crippen LogP) is 4.55. The third-order valence-corrected chi connectivity index (χ3v) is 5.82. The van der Waals surface area contributed by atoms with Crippen LogP contribution in [0.3, 0.4) is 0 Å². The van der Waals surface area contributed by atoms with Gasteiger partial charge in [-0.3, -0.25) is 9.78 Å². The molecule has 0 unspecified atom stereocenters. The van der Waals surface area contributed by atoms with Crippen molar-refractivity contribution < 1.29 is 18.7 Å². The zero-order valence-electron chi connectivity index (χ0n) is 18.1. The molecule has 2 aliphatic heterocycles. The highest BCUT2D eigenvalue weighted by Crippen LogP contribution is 2.37. The van der Waals surface area contributed by atoms with Gasteiger partial charge in [0.2, 0.25) is 0 Å². The van der Waals surface area contributed by atoms with Crippen LogP contribution < -0.4 is 5.32 Å². The zero-order chi connectivity index (χ0) is 22.2. The van der Waals surface area contributed by atoms with Gasteiger partial charge in [-0.05, 0) is 70.7 Å². The molecule has 31 heavy (non-hydrogen) atoms. The van der Waals surface area contributed by atoms with Gasteiger partial charge in [0.25, 0.3) is 5.91 Å². The number of rotatable bonds is 3. The number of ether oxygens (including phenoxy) is 1. The lowest BCUT2D eigenvalue weighted by atomic mass is 9.97. The zero-order valence-corrected chi connectivity index (χ0v) is 18.1. The van der Waals surface area contributed by atoms with Crippen molar-refractivity contribution in [1.82, 2.24) is 15.2 Å². The quantitative estimate of drug-likeness (QED) is 0.783. The maximum atomic E-state index is 13.4. The minimum Gasteiger partial charge on any atom is -0.444 e. The fourth-order valence-corrected chi connectivity index (χ4v) is 4.52. The second-order valence-corrected chi connectivity index (χ2v) is 9.36. The number of hydrogen-bond donors (Lipinski definition) is 1. The summed E-state index contributed by atoms with van der Waals surface area (Å²) in [5.74, 6) is -0.512. The van der Waals surface area contributed by atoms with Crippen molar-refractivity contribution >= 4 is 12.0 Å². The summed E-state index contributed by atoms with van der Waals surface area (Å²) in [6.07, 6.45) is 4.55. The van der Waals surface area contributed by atoms with Crippen LogP contribution in [0.1, 0.15) is 56.8 Å². The van der Waals surface area contributed by atoms with Gasteiger partial charge >= 0.3 is 6.09 Å². The van der Waals surface area contributed by atoms with Crippen molar-refractivity contribution in [3.05, 3.63) is 54.0 Å². The van der Waals surface area contributed by atoms with Gasteiger partial charge in [0.05, 0.1) is 11.3 Å². The number of halogens is 1. The summed E-state index contributed by atoms with van der Waals surface area (Å²) < 4.78 is 19.0. The normalized spacial score (nSPS) is 22.8. The van der Waals surface area contributed by atoms with Gasteiger partial charge in [-0.15, -0.1) is 0 Å². The maximum absolute atomic E-state index is 13.4. The second-order valence-electron chi connectivity index (χ2n) is 9.36. The Kier molecular flexibility index (Phi) is 5.69. The van der Waals surface area contributed by atoms with Crippen LogP contribution in [0.2, 0.25) is 0 Å². The molecule has 3 heterocycles. The molecule has 2 atom stereocenters. The number of nitrogens with one attached hydrogen (secondary N) is 1. The van der Waals surface area contributed by atoms with Crippen molar-refractivity contribution in [1.29, 1.82) is 0 Å². The molecular formula is C24H28FN3O3. The first-order valence-corrected chi connectivity index (χ1v) is 10.7. The lowest BCUT2D eigenvalue weighted by Crippen LogP contribution is -2.53. The van der Waals surface area contributed by atoms with Crippen molar-refractivity contribution in [2.45, 2.75) is 70.2 Å². The van der Waals surface area contributed by atoms with Crippen LogP contribution in [0.4, 0.5) is 9.18 Å². The van der Waals surface area contributed by atoms with Gasteiger partial charge < -0.3 is 15.0 Å². The lowest BCUT2D eigenvalue weighted by molar-refractivity contribution is 0.00500. The Morgan fingerprint density at radius 3 is 2.42 bits per heavy atom. The molecule has 2 bridgehead atoms. The van der Waals surface area contributed by atoms with Gasteiger partial charge in [0.15, 0.2) is 0 Å². The molecule has 6 nitrogen and oxygen atoms in total. The number of carbonyl (C=O) groups excluding carboxylic acids is 2. The van der Waals surface area contributed by atoms with Gasteiger partial charge in [0.1, 0.15) is 11.4 Å². The summed E-state index contributed by atoms with van der Waals surface area (Å²) in [6.45, 7) is 5.61. The molecule has 1 N–H and O–H groups in total. The molecule has 2 aliphatic rings. The molecule has 0 aliphatic carbocycles. The highest BCUT2D eigenvalue weighted by molar-refractivity contribution is 5.94. The van der Waals surface area contributed by atoms with Crippen molar-refractivity contribution in [3.63, 3.8) is 0 Å². The van der Waals surface area contributed by atoms with Crippen LogP contribution in [0, 0.1) is 5.82 Å². The highest BCUT2D eigenvalue weighted by Gasteiger charge is 2.45. The SMILES string of the molecule is CC(C)(C)OC(=O)N1[C@@H]2CC[C@@H]1CC(NC(=O)c1ccc(-c3cccc(F)c3)nc1)C2. The molecule has 2 aromatic rings. The average Bonchev–Trinajstić information content (AvgIpc) is 2.98. The van der Waals surface area contributed by atoms with Crippen molar-refractivity contribution in [2.24, 2.45) is 0 Å². The van der Waals surface area contributed by atoms with Crippen LogP contribution in [0.5, 0.6) is 0 Å². The third-order valence-electron chi connectivity index (χ3n) is 5.82. The van der Waals surface area contributed by atoms with E-state index in [0.717, 1.165) is 25.7 Å². The Morgan fingerprint density at radius 2 is 1.84 bits per heavy atom. The largest absolute Gasteiger partial charge is 0.444 e. The number of aromatic nitrogens is 1. The van der Waals surface area contributed by atoms with Crippen molar-refractivity contribution in [3.8, 4) is 11.3 Å². The molecular weight excluding hydrogens is 397 g/mol. The third kappa shape index (κ3) is 4.86. The van der Waals surface area contributed by atoms with E-state index in [1.807, 2.05) is 25.7 Å². The van der Waals surface area contributed by atoms with E-state index in [-0.39, 0.29) is 35.9 Å². The first-order valence-electron chi connectivity index (χ1n) is 10.7. The topological polar surface area (TPSA) is 71.5 Å². The van der Waals surface area contributed by atoms with Crippen LogP contribution in [0.15, 0.2) is 42.6 Å². The van der Waals surface area contributed by atoms with Crippen molar-refractivity contribution in [2.75, 3.05) is 0 Å². The number of hydrogen-bond acceptors (Lipinski definition) is 4. The fraction of sp³-hybridized carbons (Fsp3) is 0.458. The summed E-state index contributed by atoms with van der Waals surface area (Å²) >= 11 is 0. The molecule has 1 aromatic heterocycles. The van der Waals surface area contributed by atoms with Gasteiger partial charge in [-0.25, -0.2) is 9.18 Å². The molecule has 2 fully saturated rings. The Labute approximate surface area is 181 Å². The van der Waals surface area contributed by atoms with E-state index in [2.05, 4.69) is 10.3 Å². The number of pyridine rings is 1. The highest BCUT2D eigenvalue weighted by atomic mass is 19.1. The average molecular weight is 426 g/mol. The minimum atomic E-state index is -0.522. The van der Waals surface area contributed by atoms with Crippen LogP contribution in [0.25, 0.3) is 11.3 Å². The predicted molar refractivity (Wildman–Crippen MR) is 115 cm³/mol. The molecule has 0 saturated carbocycles. The standard InChI is InChI=1S/C24H28FN3O3/c1-24(2,3)31-23(30)28-19-8-9-20(28)13-18(12-19)27-22(29)16-7-10-21(26-14-16)15-5-4-6-17(25)11-15/h4-7,10-11,14,18-20H,8-9,12-13H2,1-3H3,(H,27,29)/t19-,20-/m1/s1. The Bertz CT molecular complexity index is 957. The molecule has 2 saturated heterocycles. The summed E-state index contributed by atoms with van der Waals surface area (Å²) in [6, 6.07) is 9.81. The number of fused-ring (bicyclic) bond motifs is 2. The lowest BCUT2D eigenvalue weighted by Gasteiger charge is -2.39. The smallest absolute Gasteiger partial charge is 0.410 e. The summed E-state index contributed by atoms with van der Waals surface area (Å²) in [7, 11) is 0. The molecule has 164 valence electrons. The molecule has 0 spiro atoms. The summed E-state index contributed by atoms with van der Waals surface area (Å²) in [4.78, 5) is 31.5. The van der Waals surface area contributed by atoms with E-state index in [9.17, 15) is 14.0 Å². The van der Waals surface area contributed by atoms with Gasteiger partial charge in [-0.2, -0.15) is 0 Å². The number of benzene rings is 1. The maximum Gasteiger partial charge on any atom is 0.410 e. The fourth-order valence-electron chi connectivity index (χ4n) is 4.52. The second kappa shape index (κ2) is 8.29. The molecule has 1 aromatic carbocycles.